The summed E-state index contributed by atoms with van der Waals surface area (Å²) >= 11 is 0. The second-order valence-electron chi connectivity index (χ2n) is 6.12. The highest BCUT2D eigenvalue weighted by Crippen LogP contribution is 2.16. The lowest BCUT2D eigenvalue weighted by atomic mass is 10.1. The summed E-state index contributed by atoms with van der Waals surface area (Å²) in [4.78, 5) is 6.23. The topological polar surface area (TPSA) is 57.1 Å². The molecule has 0 atom stereocenters. The first-order valence-electron chi connectivity index (χ1n) is 8.71. The Bertz CT molecular complexity index is 719. The third kappa shape index (κ3) is 7.13. The number of phenols is 1. The van der Waals surface area contributed by atoms with Crippen molar-refractivity contribution in [1.82, 2.24) is 10.2 Å². The van der Waals surface area contributed by atoms with Crippen LogP contribution in [0.1, 0.15) is 17.5 Å². The fraction of sp³-hybridized carbons (Fsp3) is 0.350. The van der Waals surface area contributed by atoms with Gasteiger partial charge in [-0.3, -0.25) is 4.99 Å². The van der Waals surface area contributed by atoms with Crippen molar-refractivity contribution in [1.29, 1.82) is 0 Å². The Morgan fingerprint density at radius 3 is 2.33 bits per heavy atom. The SMILES string of the molecule is CN=C(NCCCc1ccc(O)cc1)N(C)Cc1ccc(OC(F)F)cc1. The minimum Gasteiger partial charge on any atom is -0.508 e. The van der Waals surface area contributed by atoms with Crippen LogP contribution in [0.3, 0.4) is 0 Å². The monoisotopic (exact) mass is 377 g/mol. The van der Waals surface area contributed by atoms with Gasteiger partial charge in [-0.2, -0.15) is 8.78 Å². The highest BCUT2D eigenvalue weighted by Gasteiger charge is 2.08. The normalized spacial score (nSPS) is 11.5. The van der Waals surface area contributed by atoms with Crippen molar-refractivity contribution in [2.75, 3.05) is 20.6 Å². The van der Waals surface area contributed by atoms with E-state index in [1.54, 1.807) is 31.3 Å². The van der Waals surface area contributed by atoms with Crippen LogP contribution in [0, 0.1) is 0 Å². The van der Waals surface area contributed by atoms with E-state index < -0.39 is 6.61 Å². The lowest BCUT2D eigenvalue weighted by molar-refractivity contribution is -0.0498. The Balaban J connectivity index is 1.77. The van der Waals surface area contributed by atoms with Gasteiger partial charge in [0.15, 0.2) is 5.96 Å². The van der Waals surface area contributed by atoms with Crippen LogP contribution in [0.25, 0.3) is 0 Å². The van der Waals surface area contributed by atoms with Gasteiger partial charge in [0, 0.05) is 27.2 Å². The van der Waals surface area contributed by atoms with Gasteiger partial charge in [0.2, 0.25) is 0 Å². The number of aromatic hydroxyl groups is 1. The van der Waals surface area contributed by atoms with Crippen LogP contribution in [-0.4, -0.2) is 43.2 Å². The zero-order valence-electron chi connectivity index (χ0n) is 15.5. The molecule has 7 heteroatoms. The number of hydrogen-bond acceptors (Lipinski definition) is 3. The number of rotatable bonds is 8. The first-order chi connectivity index (χ1) is 13.0. The number of hydrogen-bond donors (Lipinski definition) is 2. The molecule has 0 aliphatic rings. The third-order valence-electron chi connectivity index (χ3n) is 4.00. The van der Waals surface area contributed by atoms with E-state index in [1.807, 2.05) is 24.1 Å². The maximum atomic E-state index is 12.2. The van der Waals surface area contributed by atoms with Crippen LogP contribution >= 0.6 is 0 Å². The number of phenolic OH excluding ortho intramolecular Hbond substituents is 1. The van der Waals surface area contributed by atoms with E-state index in [4.69, 9.17) is 0 Å². The van der Waals surface area contributed by atoms with Gasteiger partial charge in [-0.15, -0.1) is 0 Å². The van der Waals surface area contributed by atoms with Gasteiger partial charge in [-0.1, -0.05) is 24.3 Å². The average Bonchev–Trinajstić information content (AvgIpc) is 2.64. The minimum absolute atomic E-state index is 0.146. The van der Waals surface area contributed by atoms with Crippen molar-refractivity contribution in [2.24, 2.45) is 4.99 Å². The smallest absolute Gasteiger partial charge is 0.387 e. The molecule has 2 rings (SSSR count). The second kappa shape index (κ2) is 10.4. The summed E-state index contributed by atoms with van der Waals surface area (Å²) in [6.45, 7) is -1.46. The van der Waals surface area contributed by atoms with Crippen LogP contribution in [0.15, 0.2) is 53.5 Å². The highest BCUT2D eigenvalue weighted by atomic mass is 19.3. The summed E-state index contributed by atoms with van der Waals surface area (Å²) in [7, 11) is 3.64. The summed E-state index contributed by atoms with van der Waals surface area (Å²) in [5.41, 5.74) is 2.13. The Morgan fingerprint density at radius 2 is 1.74 bits per heavy atom. The summed E-state index contributed by atoms with van der Waals surface area (Å²) < 4.78 is 28.7. The Kier molecular flexibility index (Phi) is 7.85. The lowest BCUT2D eigenvalue weighted by Crippen LogP contribution is -2.39. The summed E-state index contributed by atoms with van der Waals surface area (Å²) in [5.74, 6) is 1.18. The molecule has 0 heterocycles. The Hall–Kier alpha value is -2.83. The number of ether oxygens (including phenoxy) is 1. The number of alkyl halides is 2. The third-order valence-corrected chi connectivity index (χ3v) is 4.00. The Labute approximate surface area is 158 Å². The van der Waals surface area contributed by atoms with Gasteiger partial charge in [0.1, 0.15) is 11.5 Å². The molecule has 0 radical (unpaired) electrons. The van der Waals surface area contributed by atoms with Gasteiger partial charge in [-0.05, 0) is 48.2 Å². The van der Waals surface area contributed by atoms with Crippen LogP contribution in [0.5, 0.6) is 11.5 Å². The summed E-state index contributed by atoms with van der Waals surface area (Å²) in [6, 6.07) is 13.8. The number of guanidine groups is 1. The molecule has 2 aromatic carbocycles. The van der Waals surface area contributed by atoms with Crippen LogP contribution in [0.4, 0.5) is 8.78 Å². The molecule has 0 aliphatic heterocycles. The van der Waals surface area contributed by atoms with Crippen molar-refractivity contribution in [3.63, 3.8) is 0 Å². The van der Waals surface area contributed by atoms with Crippen molar-refractivity contribution < 1.29 is 18.6 Å². The van der Waals surface area contributed by atoms with Crippen molar-refractivity contribution in [3.8, 4) is 11.5 Å². The van der Waals surface area contributed by atoms with E-state index >= 15 is 0 Å². The van der Waals surface area contributed by atoms with Crippen molar-refractivity contribution in [2.45, 2.75) is 26.0 Å². The van der Waals surface area contributed by atoms with Crippen LogP contribution in [-0.2, 0) is 13.0 Å². The van der Waals surface area contributed by atoms with Gasteiger partial charge in [0.05, 0.1) is 0 Å². The fourth-order valence-corrected chi connectivity index (χ4v) is 2.67. The maximum Gasteiger partial charge on any atom is 0.387 e. The predicted octanol–water partition coefficient (Wildman–Crippen LogP) is 3.63. The molecular formula is C20H25F2N3O2. The standard InChI is InChI=1S/C20H25F2N3O2/c1-23-20(24-13-3-4-15-5-9-17(26)10-6-15)25(2)14-16-7-11-18(12-8-16)27-19(21)22/h5-12,19,26H,3-4,13-14H2,1-2H3,(H,23,24). The number of halogens is 2. The number of nitrogens with zero attached hydrogens (tertiary/aromatic N) is 2. The molecule has 2 aromatic rings. The first kappa shape index (κ1) is 20.5. The number of aryl methyl sites for hydroxylation is 1. The second-order valence-corrected chi connectivity index (χ2v) is 6.12. The van der Waals surface area contributed by atoms with Crippen molar-refractivity contribution >= 4 is 5.96 Å². The first-order valence-corrected chi connectivity index (χ1v) is 8.71. The van der Waals surface area contributed by atoms with Gasteiger partial charge in [-0.25, -0.2) is 0 Å². The predicted molar refractivity (Wildman–Crippen MR) is 102 cm³/mol. The fourth-order valence-electron chi connectivity index (χ4n) is 2.67. The molecule has 0 saturated carbocycles. The molecule has 0 spiro atoms. The molecule has 0 aliphatic carbocycles. The van der Waals surface area contributed by atoms with Gasteiger partial charge in [0.25, 0.3) is 0 Å². The minimum atomic E-state index is -2.82. The molecule has 27 heavy (non-hydrogen) atoms. The molecule has 0 fully saturated rings. The molecule has 0 saturated heterocycles. The van der Waals surface area contributed by atoms with E-state index in [0.29, 0.717) is 6.54 Å². The van der Waals surface area contributed by atoms with Crippen molar-refractivity contribution in [3.05, 3.63) is 59.7 Å². The lowest BCUT2D eigenvalue weighted by Gasteiger charge is -2.22. The zero-order valence-corrected chi connectivity index (χ0v) is 15.5. The van der Waals surface area contributed by atoms with Crippen LogP contribution < -0.4 is 10.1 Å². The molecule has 2 N–H and O–H groups in total. The number of nitrogens with one attached hydrogen (secondary N) is 1. The van der Waals surface area contributed by atoms with Gasteiger partial charge < -0.3 is 20.1 Å². The molecule has 0 aromatic heterocycles. The largest absolute Gasteiger partial charge is 0.508 e. The van der Waals surface area contributed by atoms with E-state index in [-0.39, 0.29) is 11.5 Å². The number of benzene rings is 2. The molecule has 5 nitrogen and oxygen atoms in total. The van der Waals surface area contributed by atoms with E-state index in [2.05, 4.69) is 15.0 Å². The molecule has 0 bridgehead atoms. The maximum absolute atomic E-state index is 12.2. The van der Waals surface area contributed by atoms with E-state index in [9.17, 15) is 13.9 Å². The highest BCUT2D eigenvalue weighted by molar-refractivity contribution is 5.79. The molecule has 146 valence electrons. The molecular weight excluding hydrogens is 352 g/mol. The number of aliphatic imine (C=N–C) groups is 1. The van der Waals surface area contributed by atoms with E-state index in [0.717, 1.165) is 30.9 Å². The van der Waals surface area contributed by atoms with Crippen LogP contribution in [0.2, 0.25) is 0 Å². The quantitative estimate of drug-likeness (QED) is 0.419. The summed E-state index contributed by atoms with van der Waals surface area (Å²) in [6.07, 6.45) is 1.83. The van der Waals surface area contributed by atoms with E-state index in [1.165, 1.54) is 17.7 Å². The molecule has 0 amide bonds. The molecule has 0 unspecified atom stereocenters. The Morgan fingerprint density at radius 1 is 1.11 bits per heavy atom. The zero-order chi connectivity index (χ0) is 19.6. The summed E-state index contributed by atoms with van der Waals surface area (Å²) in [5, 5.41) is 12.6. The van der Waals surface area contributed by atoms with Gasteiger partial charge >= 0.3 is 6.61 Å². The average molecular weight is 377 g/mol.